The number of aldehydes is 1. The first-order valence-electron chi connectivity index (χ1n) is 3.96. The summed E-state index contributed by atoms with van der Waals surface area (Å²) in [6.45, 7) is 1.82. The molecule has 0 atom stereocenters. The van der Waals surface area contributed by atoms with Gasteiger partial charge in [-0.25, -0.2) is 9.78 Å². The van der Waals surface area contributed by atoms with Crippen LogP contribution >= 0.6 is 15.9 Å². The molecule has 0 saturated heterocycles. The standard InChI is InChI=1S/C9H7BrN2O3/c1-2-3-4-12-7(8(14)15)6(5-13)11-9(12)10/h5H,4H2,1H3,(H,14,15). The predicted molar refractivity (Wildman–Crippen MR) is 55.7 cm³/mol. The molecule has 0 radical (unpaired) electrons. The number of hydrogen-bond acceptors (Lipinski definition) is 3. The first kappa shape index (κ1) is 11.5. The number of carbonyl (C=O) groups excluding carboxylic acids is 1. The molecule has 1 heterocycles. The monoisotopic (exact) mass is 270 g/mol. The largest absolute Gasteiger partial charge is 0.477 e. The lowest BCUT2D eigenvalue weighted by Crippen LogP contribution is -2.10. The maximum Gasteiger partial charge on any atom is 0.355 e. The molecule has 6 heteroatoms. The fourth-order valence-corrected chi connectivity index (χ4v) is 1.55. The number of carboxylic acids is 1. The predicted octanol–water partition coefficient (Wildman–Crippen LogP) is 1.18. The van der Waals surface area contributed by atoms with Gasteiger partial charge in [-0.2, -0.15) is 0 Å². The number of carbonyl (C=O) groups is 2. The summed E-state index contributed by atoms with van der Waals surface area (Å²) in [4.78, 5) is 25.2. The van der Waals surface area contributed by atoms with Gasteiger partial charge in [-0.15, -0.1) is 5.92 Å². The Balaban J connectivity index is 3.32. The number of hydrogen-bond donors (Lipinski definition) is 1. The molecule has 0 aromatic carbocycles. The van der Waals surface area contributed by atoms with E-state index in [2.05, 4.69) is 32.8 Å². The fraction of sp³-hybridized carbons (Fsp3) is 0.222. The summed E-state index contributed by atoms with van der Waals surface area (Å²) in [6, 6.07) is 0. The smallest absolute Gasteiger partial charge is 0.355 e. The Hall–Kier alpha value is -1.61. The molecular formula is C9H7BrN2O3. The van der Waals surface area contributed by atoms with E-state index in [0.717, 1.165) is 0 Å². The summed E-state index contributed by atoms with van der Waals surface area (Å²) >= 11 is 3.07. The van der Waals surface area contributed by atoms with Gasteiger partial charge in [0.2, 0.25) is 0 Å². The molecule has 0 unspecified atom stereocenters. The summed E-state index contributed by atoms with van der Waals surface area (Å²) in [5.74, 6) is 4.14. The Morgan fingerprint density at radius 2 is 2.40 bits per heavy atom. The van der Waals surface area contributed by atoms with Gasteiger partial charge in [-0.1, -0.05) is 5.92 Å². The van der Waals surface area contributed by atoms with Crippen LogP contribution in [0.15, 0.2) is 4.73 Å². The second kappa shape index (κ2) is 4.75. The zero-order valence-electron chi connectivity index (χ0n) is 7.82. The van der Waals surface area contributed by atoms with E-state index in [1.165, 1.54) is 4.57 Å². The zero-order chi connectivity index (χ0) is 11.4. The van der Waals surface area contributed by atoms with Crippen molar-refractivity contribution >= 4 is 28.2 Å². The molecule has 1 rings (SSSR count). The lowest BCUT2D eigenvalue weighted by molar-refractivity contribution is 0.0682. The van der Waals surface area contributed by atoms with Crippen LogP contribution in [-0.2, 0) is 6.54 Å². The fourth-order valence-electron chi connectivity index (χ4n) is 1.05. The van der Waals surface area contributed by atoms with Crippen LogP contribution in [0.1, 0.15) is 27.9 Å². The van der Waals surface area contributed by atoms with Gasteiger partial charge in [-0.3, -0.25) is 4.79 Å². The van der Waals surface area contributed by atoms with Crippen molar-refractivity contribution in [2.24, 2.45) is 0 Å². The molecule has 0 fully saturated rings. The highest BCUT2D eigenvalue weighted by molar-refractivity contribution is 9.10. The number of nitrogens with zero attached hydrogens (tertiary/aromatic N) is 2. The molecule has 0 spiro atoms. The number of aromatic carboxylic acids is 1. The molecule has 0 aliphatic carbocycles. The van der Waals surface area contributed by atoms with Crippen LogP contribution in [-0.4, -0.2) is 26.9 Å². The third-order valence-electron chi connectivity index (χ3n) is 1.68. The van der Waals surface area contributed by atoms with E-state index in [4.69, 9.17) is 5.11 Å². The molecule has 15 heavy (non-hydrogen) atoms. The average Bonchev–Trinajstić information content (AvgIpc) is 2.52. The van der Waals surface area contributed by atoms with Gasteiger partial charge >= 0.3 is 5.97 Å². The summed E-state index contributed by atoms with van der Waals surface area (Å²) in [6.07, 6.45) is 0.407. The highest BCUT2D eigenvalue weighted by Crippen LogP contribution is 2.15. The molecule has 1 N–H and O–H groups in total. The number of carboxylic acid groups (broad SMARTS) is 1. The van der Waals surface area contributed by atoms with Crippen LogP contribution in [0.4, 0.5) is 0 Å². The van der Waals surface area contributed by atoms with E-state index >= 15 is 0 Å². The van der Waals surface area contributed by atoms with Gasteiger partial charge in [-0.05, 0) is 22.9 Å². The molecule has 0 aliphatic rings. The SMILES string of the molecule is CC#CCn1c(Br)nc(C=O)c1C(=O)O. The van der Waals surface area contributed by atoms with Crippen LogP contribution in [0.5, 0.6) is 0 Å². The van der Waals surface area contributed by atoms with Gasteiger partial charge in [0, 0.05) is 0 Å². The highest BCUT2D eigenvalue weighted by atomic mass is 79.9. The minimum atomic E-state index is -1.20. The van der Waals surface area contributed by atoms with Crippen LogP contribution in [0.25, 0.3) is 0 Å². The van der Waals surface area contributed by atoms with E-state index in [0.29, 0.717) is 6.29 Å². The molecule has 1 aromatic heterocycles. The first-order valence-corrected chi connectivity index (χ1v) is 4.75. The van der Waals surface area contributed by atoms with Gasteiger partial charge in [0.1, 0.15) is 5.69 Å². The highest BCUT2D eigenvalue weighted by Gasteiger charge is 2.20. The van der Waals surface area contributed by atoms with E-state index in [1.54, 1.807) is 6.92 Å². The van der Waals surface area contributed by atoms with Crippen molar-refractivity contribution in [1.29, 1.82) is 0 Å². The Bertz CT molecular complexity index is 468. The first-order chi connectivity index (χ1) is 7.11. The number of rotatable bonds is 3. The van der Waals surface area contributed by atoms with Crippen molar-refractivity contribution in [3.8, 4) is 11.8 Å². The minimum Gasteiger partial charge on any atom is -0.477 e. The number of aromatic nitrogens is 2. The zero-order valence-corrected chi connectivity index (χ0v) is 9.41. The van der Waals surface area contributed by atoms with E-state index in [9.17, 15) is 9.59 Å². The van der Waals surface area contributed by atoms with Gasteiger partial charge in [0.15, 0.2) is 16.7 Å². The maximum absolute atomic E-state index is 10.9. The van der Waals surface area contributed by atoms with Crippen molar-refractivity contribution in [2.45, 2.75) is 13.5 Å². The summed E-state index contributed by atoms with van der Waals surface area (Å²) in [5, 5.41) is 8.90. The normalized spacial score (nSPS) is 9.20. The Morgan fingerprint density at radius 1 is 1.73 bits per heavy atom. The number of imidazole rings is 1. The van der Waals surface area contributed by atoms with Crippen molar-refractivity contribution in [1.82, 2.24) is 9.55 Å². The van der Waals surface area contributed by atoms with Crippen molar-refractivity contribution in [3.05, 3.63) is 16.1 Å². The summed E-state index contributed by atoms with van der Waals surface area (Å²) in [5.41, 5.74) is -0.257. The van der Waals surface area contributed by atoms with Gasteiger partial charge < -0.3 is 9.67 Å². The molecular weight excluding hydrogens is 264 g/mol. The lowest BCUT2D eigenvalue weighted by atomic mass is 10.3. The topological polar surface area (TPSA) is 72.2 Å². The molecule has 0 aliphatic heterocycles. The minimum absolute atomic E-state index is 0.104. The molecule has 5 nitrogen and oxygen atoms in total. The van der Waals surface area contributed by atoms with Crippen LogP contribution in [0, 0.1) is 11.8 Å². The van der Waals surface area contributed by atoms with Crippen molar-refractivity contribution in [2.75, 3.05) is 0 Å². The van der Waals surface area contributed by atoms with E-state index in [-0.39, 0.29) is 22.7 Å². The third kappa shape index (κ3) is 2.25. The van der Waals surface area contributed by atoms with Crippen molar-refractivity contribution < 1.29 is 14.7 Å². The maximum atomic E-state index is 10.9. The van der Waals surface area contributed by atoms with Gasteiger partial charge in [0.25, 0.3) is 0 Å². The summed E-state index contributed by atoms with van der Waals surface area (Å²) < 4.78 is 1.60. The lowest BCUT2D eigenvalue weighted by Gasteiger charge is -2.00. The van der Waals surface area contributed by atoms with Crippen molar-refractivity contribution in [3.63, 3.8) is 0 Å². The summed E-state index contributed by atoms with van der Waals surface area (Å²) in [7, 11) is 0. The average molecular weight is 271 g/mol. The van der Waals surface area contributed by atoms with Gasteiger partial charge in [0.05, 0.1) is 6.54 Å². The third-order valence-corrected chi connectivity index (χ3v) is 2.28. The number of halogens is 1. The molecule has 1 aromatic rings. The molecule has 0 amide bonds. The molecule has 0 saturated carbocycles. The van der Waals surface area contributed by atoms with Crippen LogP contribution in [0.2, 0.25) is 0 Å². The van der Waals surface area contributed by atoms with Crippen LogP contribution < -0.4 is 0 Å². The second-order valence-electron chi connectivity index (χ2n) is 2.55. The second-order valence-corrected chi connectivity index (χ2v) is 3.26. The Labute approximate surface area is 94.2 Å². The Morgan fingerprint density at radius 3 is 2.87 bits per heavy atom. The van der Waals surface area contributed by atoms with E-state index < -0.39 is 5.97 Å². The molecule has 0 bridgehead atoms. The van der Waals surface area contributed by atoms with E-state index in [1.807, 2.05) is 0 Å². The quantitative estimate of drug-likeness (QED) is 0.661. The Kier molecular flexibility index (Phi) is 3.63. The molecule has 78 valence electrons. The van der Waals surface area contributed by atoms with Crippen LogP contribution in [0.3, 0.4) is 0 Å².